The molecule has 0 bridgehead atoms. The zero-order valence-corrected chi connectivity index (χ0v) is 13.0. The summed E-state index contributed by atoms with van der Waals surface area (Å²) < 4.78 is 46.3. The summed E-state index contributed by atoms with van der Waals surface area (Å²) in [4.78, 5) is 0. The van der Waals surface area contributed by atoms with E-state index in [4.69, 9.17) is 0 Å². The van der Waals surface area contributed by atoms with Crippen LogP contribution in [0.1, 0.15) is 20.3 Å². The van der Waals surface area contributed by atoms with Gasteiger partial charge in [0, 0.05) is 25.4 Å². The number of sulfone groups is 1. The number of sulfonamides is 1. The Morgan fingerprint density at radius 2 is 1.67 bits per heavy atom. The Kier molecular flexibility index (Phi) is 8.00. The maximum absolute atomic E-state index is 11.3. The van der Waals surface area contributed by atoms with Gasteiger partial charge in [0.15, 0.2) is 9.84 Å². The monoisotopic (exact) mass is 300 g/mol. The predicted molar refractivity (Wildman–Crippen MR) is 73.9 cm³/mol. The smallest absolute Gasteiger partial charge is 0.211 e. The Bertz CT molecular complexity index is 417. The molecule has 110 valence electrons. The molecule has 0 heterocycles. The summed E-state index contributed by atoms with van der Waals surface area (Å²) in [6.45, 7) is 5.38. The van der Waals surface area contributed by atoms with Crippen molar-refractivity contribution in [2.45, 2.75) is 20.3 Å². The van der Waals surface area contributed by atoms with E-state index in [0.717, 1.165) is 0 Å². The molecule has 0 aromatic rings. The first kappa shape index (κ1) is 17.8. The zero-order valence-electron chi connectivity index (χ0n) is 11.3. The van der Waals surface area contributed by atoms with Crippen molar-refractivity contribution in [3.63, 3.8) is 0 Å². The molecule has 0 aliphatic heterocycles. The van der Waals surface area contributed by atoms with Crippen molar-refractivity contribution in [2.75, 3.05) is 43.9 Å². The van der Waals surface area contributed by atoms with Gasteiger partial charge in [0.25, 0.3) is 0 Å². The summed E-state index contributed by atoms with van der Waals surface area (Å²) in [6, 6.07) is 0. The molecule has 0 unspecified atom stereocenters. The molecule has 0 saturated carbocycles. The van der Waals surface area contributed by atoms with Crippen molar-refractivity contribution in [3.8, 4) is 0 Å². The van der Waals surface area contributed by atoms with Crippen LogP contribution in [0, 0.1) is 0 Å². The van der Waals surface area contributed by atoms with Gasteiger partial charge in [-0.2, -0.15) is 0 Å². The Hall–Kier alpha value is -0.180. The van der Waals surface area contributed by atoms with Crippen molar-refractivity contribution >= 4 is 19.9 Å². The molecule has 0 fully saturated rings. The van der Waals surface area contributed by atoms with Crippen LogP contribution in [0.2, 0.25) is 0 Å². The summed E-state index contributed by atoms with van der Waals surface area (Å²) in [5.74, 6) is 0.291. The summed E-state index contributed by atoms with van der Waals surface area (Å²) in [5.41, 5.74) is 0. The van der Waals surface area contributed by atoms with E-state index in [1.54, 1.807) is 13.8 Å². The van der Waals surface area contributed by atoms with E-state index in [0.29, 0.717) is 32.6 Å². The Labute approximate surface area is 111 Å². The average Bonchev–Trinajstić information content (AvgIpc) is 2.26. The predicted octanol–water partition coefficient (Wildman–Crippen LogP) is -0.318. The van der Waals surface area contributed by atoms with E-state index in [1.165, 1.54) is 10.6 Å². The lowest BCUT2D eigenvalue weighted by Crippen LogP contribution is -2.33. The van der Waals surface area contributed by atoms with Crippen molar-refractivity contribution in [1.82, 2.24) is 9.62 Å². The molecule has 0 atom stereocenters. The van der Waals surface area contributed by atoms with Crippen LogP contribution in [0.3, 0.4) is 0 Å². The van der Waals surface area contributed by atoms with Crippen molar-refractivity contribution in [2.24, 2.45) is 0 Å². The van der Waals surface area contributed by atoms with E-state index >= 15 is 0 Å². The molecule has 6 nitrogen and oxygen atoms in total. The molecular formula is C10H24N2O4S2. The largest absolute Gasteiger partial charge is 0.316 e. The van der Waals surface area contributed by atoms with Crippen LogP contribution in [-0.4, -0.2) is 65.1 Å². The highest BCUT2D eigenvalue weighted by atomic mass is 32.2. The van der Waals surface area contributed by atoms with Gasteiger partial charge in [0.2, 0.25) is 10.0 Å². The van der Waals surface area contributed by atoms with Crippen LogP contribution in [0.4, 0.5) is 0 Å². The fraction of sp³-hybridized carbons (Fsp3) is 1.00. The molecular weight excluding hydrogens is 276 g/mol. The average molecular weight is 300 g/mol. The van der Waals surface area contributed by atoms with Gasteiger partial charge in [-0.1, -0.05) is 13.8 Å². The first-order chi connectivity index (χ1) is 8.23. The second-order valence-corrected chi connectivity index (χ2v) is 8.55. The molecule has 0 aromatic heterocycles. The third-order valence-corrected chi connectivity index (χ3v) is 5.70. The van der Waals surface area contributed by atoms with Crippen molar-refractivity contribution < 1.29 is 16.8 Å². The first-order valence-electron chi connectivity index (χ1n) is 6.09. The Morgan fingerprint density at radius 1 is 1.06 bits per heavy atom. The number of hydrogen-bond donors (Lipinski definition) is 1. The number of nitrogens with one attached hydrogen (secondary N) is 1. The number of nitrogens with zero attached hydrogens (tertiary/aromatic N) is 1. The molecule has 0 saturated heterocycles. The van der Waals surface area contributed by atoms with E-state index < -0.39 is 19.9 Å². The topological polar surface area (TPSA) is 83.6 Å². The van der Waals surface area contributed by atoms with Gasteiger partial charge in [-0.3, -0.25) is 0 Å². The maximum atomic E-state index is 11.3. The lowest BCUT2D eigenvalue weighted by Gasteiger charge is -2.17. The fourth-order valence-corrected chi connectivity index (χ4v) is 3.11. The molecule has 0 spiro atoms. The minimum absolute atomic E-state index is 0.132. The van der Waals surface area contributed by atoms with Gasteiger partial charge in [0.05, 0.1) is 12.0 Å². The van der Waals surface area contributed by atoms with Crippen LogP contribution in [0.15, 0.2) is 0 Å². The van der Waals surface area contributed by atoms with Crippen LogP contribution < -0.4 is 5.32 Å². The van der Waals surface area contributed by atoms with Crippen LogP contribution in [-0.2, 0) is 19.9 Å². The van der Waals surface area contributed by atoms with E-state index in [-0.39, 0.29) is 11.5 Å². The SMILES string of the molecule is CCN(CCCNCCS(=O)(=O)CC)S(C)(=O)=O. The van der Waals surface area contributed by atoms with Gasteiger partial charge in [-0.05, 0) is 13.0 Å². The van der Waals surface area contributed by atoms with E-state index in [9.17, 15) is 16.8 Å². The minimum Gasteiger partial charge on any atom is -0.316 e. The van der Waals surface area contributed by atoms with Crippen molar-refractivity contribution in [1.29, 1.82) is 0 Å². The van der Waals surface area contributed by atoms with Gasteiger partial charge >= 0.3 is 0 Å². The summed E-state index contributed by atoms with van der Waals surface area (Å²) >= 11 is 0. The van der Waals surface area contributed by atoms with E-state index in [2.05, 4.69) is 5.32 Å². The molecule has 0 amide bonds. The minimum atomic E-state index is -3.13. The molecule has 0 rings (SSSR count). The Balaban J connectivity index is 3.75. The number of hydrogen-bond acceptors (Lipinski definition) is 5. The van der Waals surface area contributed by atoms with Gasteiger partial charge in [-0.15, -0.1) is 0 Å². The summed E-state index contributed by atoms with van der Waals surface area (Å²) in [7, 11) is -6.04. The fourth-order valence-electron chi connectivity index (χ4n) is 1.44. The third kappa shape index (κ3) is 8.02. The standard InChI is InChI=1S/C10H24N2O4S2/c1-4-12(17(3,13)14)9-6-7-11-8-10-18(15,16)5-2/h11H,4-10H2,1-3H3. The molecule has 8 heteroatoms. The maximum Gasteiger partial charge on any atom is 0.211 e. The second kappa shape index (κ2) is 8.08. The highest BCUT2D eigenvalue weighted by molar-refractivity contribution is 7.91. The van der Waals surface area contributed by atoms with Crippen LogP contribution in [0.25, 0.3) is 0 Å². The molecule has 0 radical (unpaired) electrons. The third-order valence-electron chi connectivity index (χ3n) is 2.61. The quantitative estimate of drug-likeness (QED) is 0.559. The van der Waals surface area contributed by atoms with Gasteiger partial charge in [-0.25, -0.2) is 21.1 Å². The van der Waals surface area contributed by atoms with Crippen LogP contribution >= 0.6 is 0 Å². The van der Waals surface area contributed by atoms with Gasteiger partial charge in [0.1, 0.15) is 0 Å². The molecule has 0 aliphatic rings. The molecule has 0 aliphatic carbocycles. The van der Waals surface area contributed by atoms with Gasteiger partial charge < -0.3 is 5.32 Å². The second-order valence-electron chi connectivity index (χ2n) is 4.09. The molecule has 1 N–H and O–H groups in total. The number of rotatable bonds is 10. The highest BCUT2D eigenvalue weighted by Crippen LogP contribution is 1.98. The molecule has 18 heavy (non-hydrogen) atoms. The zero-order chi connectivity index (χ0) is 14.2. The summed E-state index contributed by atoms with van der Waals surface area (Å²) in [6.07, 6.45) is 1.87. The highest BCUT2D eigenvalue weighted by Gasteiger charge is 2.13. The van der Waals surface area contributed by atoms with E-state index in [1.807, 2.05) is 0 Å². The first-order valence-corrected chi connectivity index (χ1v) is 9.76. The normalized spacial score (nSPS) is 13.1. The Morgan fingerprint density at radius 3 is 2.11 bits per heavy atom. The van der Waals surface area contributed by atoms with Crippen LogP contribution in [0.5, 0.6) is 0 Å². The lowest BCUT2D eigenvalue weighted by atomic mass is 10.4. The lowest BCUT2D eigenvalue weighted by molar-refractivity contribution is 0.420. The summed E-state index contributed by atoms with van der Waals surface area (Å²) in [5, 5.41) is 3.01. The molecule has 0 aromatic carbocycles. The van der Waals surface area contributed by atoms with Crippen molar-refractivity contribution in [3.05, 3.63) is 0 Å².